The van der Waals surface area contributed by atoms with Gasteiger partial charge in [-0.3, -0.25) is 4.79 Å². The Morgan fingerprint density at radius 1 is 1.50 bits per heavy atom. The van der Waals surface area contributed by atoms with Crippen molar-refractivity contribution < 1.29 is 9.90 Å². The van der Waals surface area contributed by atoms with Crippen molar-refractivity contribution in [2.24, 2.45) is 11.8 Å². The van der Waals surface area contributed by atoms with E-state index in [2.05, 4.69) is 5.32 Å². The van der Waals surface area contributed by atoms with E-state index < -0.39 is 5.97 Å². The minimum atomic E-state index is -0.654. The first kappa shape index (κ1) is 11.5. The summed E-state index contributed by atoms with van der Waals surface area (Å²) in [5.41, 5.74) is 0. The maximum atomic E-state index is 11.0. The van der Waals surface area contributed by atoms with E-state index in [4.69, 9.17) is 5.11 Å². The van der Waals surface area contributed by atoms with Crippen LogP contribution in [0.2, 0.25) is 0 Å². The summed E-state index contributed by atoms with van der Waals surface area (Å²) < 4.78 is 0. The van der Waals surface area contributed by atoms with Crippen molar-refractivity contribution in [3.05, 3.63) is 0 Å². The summed E-state index contributed by atoms with van der Waals surface area (Å²) >= 11 is 0. The molecular formula is C11H21NO2. The van der Waals surface area contributed by atoms with Gasteiger partial charge in [-0.2, -0.15) is 0 Å². The van der Waals surface area contributed by atoms with E-state index in [1.807, 2.05) is 14.0 Å². The summed E-state index contributed by atoms with van der Waals surface area (Å²) in [6.07, 6.45) is 5.62. The SMILES string of the molecule is CCC(C(=O)O)C(NC)C1CCCC1. The molecule has 14 heavy (non-hydrogen) atoms. The van der Waals surface area contributed by atoms with Crippen LogP contribution in [0.25, 0.3) is 0 Å². The Kier molecular flexibility index (Phi) is 4.39. The van der Waals surface area contributed by atoms with Crippen LogP contribution in [0, 0.1) is 11.8 Å². The van der Waals surface area contributed by atoms with Crippen molar-refractivity contribution in [1.82, 2.24) is 5.32 Å². The number of rotatable bonds is 5. The van der Waals surface area contributed by atoms with Crippen LogP contribution in [0.15, 0.2) is 0 Å². The highest BCUT2D eigenvalue weighted by atomic mass is 16.4. The lowest BCUT2D eigenvalue weighted by Gasteiger charge is -2.28. The molecule has 0 aliphatic heterocycles. The summed E-state index contributed by atoms with van der Waals surface area (Å²) in [6.45, 7) is 1.96. The summed E-state index contributed by atoms with van der Waals surface area (Å²) in [7, 11) is 1.88. The van der Waals surface area contributed by atoms with E-state index in [1.54, 1.807) is 0 Å². The smallest absolute Gasteiger partial charge is 0.308 e. The minimum absolute atomic E-state index is 0.167. The summed E-state index contributed by atoms with van der Waals surface area (Å²) in [4.78, 5) is 11.0. The third kappa shape index (κ3) is 2.47. The standard InChI is InChI=1S/C11H21NO2/c1-3-9(11(13)14)10(12-2)8-6-4-5-7-8/h8-10,12H,3-7H2,1-2H3,(H,13,14). The zero-order valence-corrected chi connectivity index (χ0v) is 9.12. The molecule has 82 valence electrons. The molecule has 1 rings (SSSR count). The van der Waals surface area contributed by atoms with Gasteiger partial charge in [0.15, 0.2) is 0 Å². The topological polar surface area (TPSA) is 49.3 Å². The Morgan fingerprint density at radius 3 is 2.43 bits per heavy atom. The van der Waals surface area contributed by atoms with E-state index in [9.17, 15) is 4.79 Å². The summed E-state index contributed by atoms with van der Waals surface area (Å²) in [6, 6.07) is 0.167. The Balaban J connectivity index is 2.62. The van der Waals surface area contributed by atoms with Crippen molar-refractivity contribution in [3.8, 4) is 0 Å². The molecule has 0 spiro atoms. The van der Waals surface area contributed by atoms with E-state index >= 15 is 0 Å². The van der Waals surface area contributed by atoms with Crippen LogP contribution < -0.4 is 5.32 Å². The van der Waals surface area contributed by atoms with E-state index in [0.29, 0.717) is 5.92 Å². The molecule has 0 radical (unpaired) electrons. The van der Waals surface area contributed by atoms with Gasteiger partial charge in [0.2, 0.25) is 0 Å². The lowest BCUT2D eigenvalue weighted by molar-refractivity contribution is -0.143. The molecule has 2 N–H and O–H groups in total. The molecule has 0 aromatic heterocycles. The van der Waals surface area contributed by atoms with Gasteiger partial charge in [0.25, 0.3) is 0 Å². The number of carboxylic acids is 1. The molecule has 0 aromatic rings. The van der Waals surface area contributed by atoms with E-state index in [0.717, 1.165) is 6.42 Å². The van der Waals surface area contributed by atoms with Crippen LogP contribution in [0.4, 0.5) is 0 Å². The quantitative estimate of drug-likeness (QED) is 0.710. The molecule has 0 bridgehead atoms. The first-order valence-electron chi connectivity index (χ1n) is 5.60. The number of nitrogens with one attached hydrogen (secondary N) is 1. The van der Waals surface area contributed by atoms with Gasteiger partial charge in [-0.05, 0) is 32.2 Å². The second-order valence-corrected chi connectivity index (χ2v) is 4.21. The summed E-state index contributed by atoms with van der Waals surface area (Å²) in [5, 5.41) is 12.3. The second kappa shape index (κ2) is 5.35. The van der Waals surface area contributed by atoms with Gasteiger partial charge in [0.05, 0.1) is 5.92 Å². The molecule has 1 fully saturated rings. The van der Waals surface area contributed by atoms with Crippen molar-refractivity contribution in [3.63, 3.8) is 0 Å². The number of hydrogen-bond acceptors (Lipinski definition) is 2. The number of carboxylic acid groups (broad SMARTS) is 1. The number of aliphatic carboxylic acids is 1. The Hall–Kier alpha value is -0.570. The van der Waals surface area contributed by atoms with Crippen LogP contribution in [0.3, 0.4) is 0 Å². The van der Waals surface area contributed by atoms with E-state index in [1.165, 1.54) is 25.7 Å². The van der Waals surface area contributed by atoms with Gasteiger partial charge in [-0.25, -0.2) is 0 Å². The van der Waals surface area contributed by atoms with Crippen LogP contribution in [0.1, 0.15) is 39.0 Å². The molecule has 3 heteroatoms. The zero-order valence-electron chi connectivity index (χ0n) is 9.12. The number of carbonyl (C=O) groups is 1. The third-order valence-corrected chi connectivity index (χ3v) is 3.43. The van der Waals surface area contributed by atoms with Gasteiger partial charge >= 0.3 is 5.97 Å². The fraction of sp³-hybridized carbons (Fsp3) is 0.909. The Bertz CT molecular complexity index is 188. The van der Waals surface area contributed by atoms with Crippen LogP contribution in [-0.4, -0.2) is 24.2 Å². The van der Waals surface area contributed by atoms with Crippen LogP contribution >= 0.6 is 0 Å². The van der Waals surface area contributed by atoms with Gasteiger partial charge in [-0.15, -0.1) is 0 Å². The molecule has 1 aliphatic carbocycles. The normalized spacial score (nSPS) is 22.1. The highest BCUT2D eigenvalue weighted by Gasteiger charge is 2.33. The van der Waals surface area contributed by atoms with Gasteiger partial charge in [0, 0.05) is 6.04 Å². The Morgan fingerprint density at radius 2 is 2.07 bits per heavy atom. The summed E-state index contributed by atoms with van der Waals surface area (Å²) in [5.74, 6) is -0.303. The fourth-order valence-corrected chi connectivity index (χ4v) is 2.66. The maximum absolute atomic E-state index is 11.0. The second-order valence-electron chi connectivity index (χ2n) is 4.21. The predicted molar refractivity (Wildman–Crippen MR) is 56.2 cm³/mol. The fourth-order valence-electron chi connectivity index (χ4n) is 2.66. The predicted octanol–water partition coefficient (Wildman–Crippen LogP) is 1.88. The first-order chi connectivity index (χ1) is 6.70. The van der Waals surface area contributed by atoms with Crippen molar-refractivity contribution in [1.29, 1.82) is 0 Å². The van der Waals surface area contributed by atoms with Crippen molar-refractivity contribution >= 4 is 5.97 Å². The number of hydrogen-bond donors (Lipinski definition) is 2. The van der Waals surface area contributed by atoms with Gasteiger partial charge in [-0.1, -0.05) is 19.8 Å². The molecule has 0 aromatic carbocycles. The molecule has 1 aliphatic rings. The molecular weight excluding hydrogens is 178 g/mol. The lowest BCUT2D eigenvalue weighted by Crippen LogP contribution is -2.42. The van der Waals surface area contributed by atoms with Crippen molar-refractivity contribution in [2.45, 2.75) is 45.1 Å². The molecule has 2 atom stereocenters. The minimum Gasteiger partial charge on any atom is -0.481 e. The Labute approximate surface area is 85.9 Å². The highest BCUT2D eigenvalue weighted by molar-refractivity contribution is 5.70. The van der Waals surface area contributed by atoms with Crippen LogP contribution in [-0.2, 0) is 4.79 Å². The van der Waals surface area contributed by atoms with Gasteiger partial charge in [0.1, 0.15) is 0 Å². The van der Waals surface area contributed by atoms with Crippen molar-refractivity contribution in [2.75, 3.05) is 7.05 Å². The lowest BCUT2D eigenvalue weighted by atomic mass is 9.85. The van der Waals surface area contributed by atoms with Gasteiger partial charge < -0.3 is 10.4 Å². The van der Waals surface area contributed by atoms with Crippen LogP contribution in [0.5, 0.6) is 0 Å². The first-order valence-corrected chi connectivity index (χ1v) is 5.60. The molecule has 1 saturated carbocycles. The maximum Gasteiger partial charge on any atom is 0.308 e. The average Bonchev–Trinajstić information content (AvgIpc) is 2.65. The third-order valence-electron chi connectivity index (χ3n) is 3.43. The largest absolute Gasteiger partial charge is 0.481 e. The molecule has 3 nitrogen and oxygen atoms in total. The zero-order chi connectivity index (χ0) is 10.6. The average molecular weight is 199 g/mol. The molecule has 2 unspecified atom stereocenters. The monoisotopic (exact) mass is 199 g/mol. The molecule has 0 saturated heterocycles. The molecule has 0 heterocycles. The molecule has 0 amide bonds. The highest BCUT2D eigenvalue weighted by Crippen LogP contribution is 2.31. The van der Waals surface area contributed by atoms with E-state index in [-0.39, 0.29) is 12.0 Å².